The SMILES string of the molecule is [2H]C([2H])([2H])c1ccc(-c2cccc3c2C(C)(C)c2cc(C)ccc2-3)nc1. The van der Waals surface area contributed by atoms with E-state index in [4.69, 9.17) is 4.11 Å². The van der Waals surface area contributed by atoms with Gasteiger partial charge in [0.05, 0.1) is 5.69 Å². The Morgan fingerprint density at radius 3 is 2.43 bits per heavy atom. The van der Waals surface area contributed by atoms with Crippen molar-refractivity contribution in [1.82, 2.24) is 4.98 Å². The van der Waals surface area contributed by atoms with Crippen LogP contribution in [0.15, 0.2) is 54.7 Å². The van der Waals surface area contributed by atoms with E-state index in [9.17, 15) is 0 Å². The maximum Gasteiger partial charge on any atom is 0.0705 e. The highest BCUT2D eigenvalue weighted by Crippen LogP contribution is 2.51. The number of fused-ring (bicyclic) bond motifs is 3. The molecule has 1 heterocycles. The van der Waals surface area contributed by atoms with Crippen LogP contribution in [0.25, 0.3) is 22.4 Å². The van der Waals surface area contributed by atoms with E-state index in [1.807, 2.05) is 6.07 Å². The molecule has 0 saturated carbocycles. The van der Waals surface area contributed by atoms with Crippen LogP contribution in [0.5, 0.6) is 0 Å². The summed E-state index contributed by atoms with van der Waals surface area (Å²) in [4.78, 5) is 4.48. The lowest BCUT2D eigenvalue weighted by Crippen LogP contribution is -2.16. The monoisotopic (exact) mass is 302 g/mol. The van der Waals surface area contributed by atoms with Crippen LogP contribution in [0.3, 0.4) is 0 Å². The number of pyridine rings is 1. The van der Waals surface area contributed by atoms with Gasteiger partial charge in [-0.2, -0.15) is 0 Å². The normalized spacial score (nSPS) is 16.9. The van der Waals surface area contributed by atoms with Gasteiger partial charge in [-0.15, -0.1) is 0 Å². The maximum absolute atomic E-state index is 7.53. The molecule has 3 aromatic rings. The molecule has 1 heteroatoms. The van der Waals surface area contributed by atoms with Gasteiger partial charge < -0.3 is 0 Å². The first-order valence-electron chi connectivity index (χ1n) is 9.41. The van der Waals surface area contributed by atoms with Crippen molar-refractivity contribution in [2.24, 2.45) is 0 Å². The smallest absolute Gasteiger partial charge is 0.0705 e. The van der Waals surface area contributed by atoms with E-state index >= 15 is 0 Å². The Bertz CT molecular complexity index is 999. The summed E-state index contributed by atoms with van der Waals surface area (Å²) in [6.07, 6.45) is 1.47. The van der Waals surface area contributed by atoms with E-state index < -0.39 is 6.85 Å². The summed E-state index contributed by atoms with van der Waals surface area (Å²) in [5.41, 5.74) is 8.39. The number of aromatic nitrogens is 1. The van der Waals surface area contributed by atoms with Crippen LogP contribution in [-0.4, -0.2) is 4.98 Å². The first-order valence-corrected chi connectivity index (χ1v) is 7.91. The molecule has 4 rings (SSSR count). The van der Waals surface area contributed by atoms with Crippen LogP contribution in [0, 0.1) is 13.8 Å². The van der Waals surface area contributed by atoms with Gasteiger partial charge in [0.1, 0.15) is 0 Å². The van der Waals surface area contributed by atoms with Gasteiger partial charge in [0.25, 0.3) is 0 Å². The van der Waals surface area contributed by atoms with Crippen molar-refractivity contribution in [3.8, 4) is 22.4 Å². The van der Waals surface area contributed by atoms with Crippen molar-refractivity contribution < 1.29 is 4.11 Å². The van der Waals surface area contributed by atoms with Crippen LogP contribution in [0.4, 0.5) is 0 Å². The number of aryl methyl sites for hydroxylation is 2. The zero-order valence-electron chi connectivity index (χ0n) is 16.6. The van der Waals surface area contributed by atoms with Crippen LogP contribution in [0.1, 0.15) is 40.2 Å². The fourth-order valence-electron chi connectivity index (χ4n) is 3.76. The molecule has 1 aromatic heterocycles. The molecule has 0 radical (unpaired) electrons. The van der Waals surface area contributed by atoms with E-state index in [0.29, 0.717) is 0 Å². The molecule has 23 heavy (non-hydrogen) atoms. The maximum atomic E-state index is 7.53. The molecule has 0 N–H and O–H groups in total. The number of rotatable bonds is 1. The van der Waals surface area contributed by atoms with Crippen molar-refractivity contribution in [1.29, 1.82) is 0 Å². The zero-order valence-corrected chi connectivity index (χ0v) is 13.6. The lowest BCUT2D eigenvalue weighted by atomic mass is 9.79. The molecule has 1 nitrogen and oxygen atoms in total. The van der Waals surface area contributed by atoms with Gasteiger partial charge in [0, 0.05) is 21.3 Å². The molecule has 0 atom stereocenters. The number of benzene rings is 2. The molecule has 0 spiro atoms. The fraction of sp³-hybridized carbons (Fsp3) is 0.227. The molecule has 0 unspecified atom stereocenters. The Kier molecular flexibility index (Phi) is 2.33. The molecule has 0 aliphatic heterocycles. The Hall–Kier alpha value is -2.41. The van der Waals surface area contributed by atoms with Crippen LogP contribution in [-0.2, 0) is 5.41 Å². The number of hydrogen-bond acceptors (Lipinski definition) is 1. The molecular formula is C22H21N. The highest BCUT2D eigenvalue weighted by molar-refractivity contribution is 5.87. The van der Waals surface area contributed by atoms with E-state index in [1.54, 1.807) is 6.07 Å². The zero-order chi connectivity index (χ0) is 18.7. The molecule has 0 fully saturated rings. The van der Waals surface area contributed by atoms with Crippen LogP contribution in [0.2, 0.25) is 0 Å². The van der Waals surface area contributed by atoms with Crippen molar-refractivity contribution in [3.05, 3.63) is 77.0 Å². The van der Waals surface area contributed by atoms with Gasteiger partial charge in [-0.25, -0.2) is 0 Å². The summed E-state index contributed by atoms with van der Waals surface area (Å²) >= 11 is 0. The molecule has 114 valence electrons. The molecule has 0 bridgehead atoms. The van der Waals surface area contributed by atoms with Gasteiger partial charge in [0.2, 0.25) is 0 Å². The minimum Gasteiger partial charge on any atom is -0.256 e. The number of hydrogen-bond donors (Lipinski definition) is 0. The van der Waals surface area contributed by atoms with Gasteiger partial charge in [-0.1, -0.05) is 61.9 Å². The summed E-state index contributed by atoms with van der Waals surface area (Å²) in [5.74, 6) is 0. The first kappa shape index (κ1) is 11.2. The Morgan fingerprint density at radius 1 is 0.913 bits per heavy atom. The largest absolute Gasteiger partial charge is 0.256 e. The molecule has 1 aliphatic carbocycles. The van der Waals surface area contributed by atoms with Gasteiger partial charge >= 0.3 is 0 Å². The second kappa shape index (κ2) is 4.79. The van der Waals surface area contributed by atoms with E-state index in [-0.39, 0.29) is 11.0 Å². The van der Waals surface area contributed by atoms with Gasteiger partial charge in [-0.3, -0.25) is 4.98 Å². The topological polar surface area (TPSA) is 12.9 Å². The third kappa shape index (κ3) is 2.03. The van der Waals surface area contributed by atoms with Crippen molar-refractivity contribution >= 4 is 0 Å². The third-order valence-corrected chi connectivity index (χ3v) is 4.87. The molecular weight excluding hydrogens is 278 g/mol. The molecule has 0 saturated heterocycles. The Labute approximate surface area is 142 Å². The third-order valence-electron chi connectivity index (χ3n) is 4.87. The molecule has 2 aromatic carbocycles. The average molecular weight is 302 g/mol. The summed E-state index contributed by atoms with van der Waals surface area (Å²) in [7, 11) is 0. The molecule has 1 aliphatic rings. The highest BCUT2D eigenvalue weighted by atomic mass is 14.7. The van der Waals surface area contributed by atoms with Gasteiger partial charge in [0.15, 0.2) is 0 Å². The van der Waals surface area contributed by atoms with E-state index in [0.717, 1.165) is 11.3 Å². The average Bonchev–Trinajstić information content (AvgIpc) is 2.82. The van der Waals surface area contributed by atoms with Crippen molar-refractivity contribution in [2.45, 2.75) is 33.0 Å². The summed E-state index contributed by atoms with van der Waals surface area (Å²) in [5, 5.41) is 0. The van der Waals surface area contributed by atoms with Crippen molar-refractivity contribution in [2.75, 3.05) is 0 Å². The lowest BCUT2D eigenvalue weighted by Gasteiger charge is -2.24. The minimum atomic E-state index is -2.13. The number of nitrogens with zero attached hydrogens (tertiary/aromatic N) is 1. The Morgan fingerprint density at radius 2 is 1.70 bits per heavy atom. The van der Waals surface area contributed by atoms with Crippen LogP contribution < -0.4 is 0 Å². The van der Waals surface area contributed by atoms with E-state index in [1.165, 1.54) is 34.0 Å². The fourth-order valence-corrected chi connectivity index (χ4v) is 3.76. The van der Waals surface area contributed by atoms with Crippen LogP contribution >= 0.6 is 0 Å². The van der Waals surface area contributed by atoms with Gasteiger partial charge in [-0.05, 0) is 47.7 Å². The summed E-state index contributed by atoms with van der Waals surface area (Å²) in [6, 6.07) is 16.4. The summed E-state index contributed by atoms with van der Waals surface area (Å²) in [6.45, 7) is 4.49. The standard InChI is InChI=1S/C22H21N/c1-14-8-10-16-17-6-5-7-18(20-11-9-15(2)13-23-20)21(17)22(3,4)19(16)12-14/h5-13H,1-4H3/i2D3. The second-order valence-corrected chi connectivity index (χ2v) is 6.83. The first-order chi connectivity index (χ1) is 12.2. The van der Waals surface area contributed by atoms with Crippen molar-refractivity contribution in [3.63, 3.8) is 0 Å². The minimum absolute atomic E-state index is 0.127. The lowest BCUT2D eigenvalue weighted by molar-refractivity contribution is 0.661. The van der Waals surface area contributed by atoms with E-state index in [2.05, 4.69) is 62.2 Å². The molecule has 0 amide bonds. The predicted molar refractivity (Wildman–Crippen MR) is 96.7 cm³/mol. The quantitative estimate of drug-likeness (QED) is 0.564. The second-order valence-electron chi connectivity index (χ2n) is 6.83. The highest BCUT2D eigenvalue weighted by Gasteiger charge is 2.37. The predicted octanol–water partition coefficient (Wildman–Crippen LogP) is 5.67. The summed E-state index contributed by atoms with van der Waals surface area (Å²) < 4.78 is 22.6. The Balaban J connectivity index is 1.91.